The first-order valence-electron chi connectivity index (χ1n) is 9.13. The number of rotatable bonds is 6. The number of guanidine groups is 1. The highest BCUT2D eigenvalue weighted by atomic mass is 16.5. The molecule has 128 valence electrons. The zero-order valence-electron chi connectivity index (χ0n) is 14.4. The molecule has 1 atom stereocenters. The Morgan fingerprint density at radius 2 is 1.95 bits per heavy atom. The second kappa shape index (κ2) is 10.1. The molecule has 2 rings (SSSR count). The van der Waals surface area contributed by atoms with Crippen molar-refractivity contribution in [2.45, 2.75) is 52.0 Å². The summed E-state index contributed by atoms with van der Waals surface area (Å²) in [5.74, 6) is 1.59. The second-order valence-corrected chi connectivity index (χ2v) is 6.72. The molecule has 0 radical (unpaired) electrons. The molecule has 1 aliphatic carbocycles. The van der Waals surface area contributed by atoms with Gasteiger partial charge in [-0.05, 0) is 25.7 Å². The SMILES string of the molecule is CCNC(=NCC(C)CN1CCOCC1)NC1CCCCC1. The van der Waals surface area contributed by atoms with Crippen LogP contribution in [-0.4, -0.2) is 62.8 Å². The molecule has 2 fully saturated rings. The van der Waals surface area contributed by atoms with Crippen molar-refractivity contribution in [3.63, 3.8) is 0 Å². The van der Waals surface area contributed by atoms with Crippen molar-refractivity contribution in [2.75, 3.05) is 45.9 Å². The Morgan fingerprint density at radius 3 is 2.64 bits per heavy atom. The van der Waals surface area contributed by atoms with Crippen molar-refractivity contribution in [1.29, 1.82) is 0 Å². The minimum Gasteiger partial charge on any atom is -0.379 e. The molecular weight excluding hydrogens is 276 g/mol. The summed E-state index contributed by atoms with van der Waals surface area (Å²) in [6.07, 6.45) is 6.67. The fourth-order valence-electron chi connectivity index (χ4n) is 3.29. The molecule has 0 amide bonds. The Labute approximate surface area is 135 Å². The molecule has 5 heteroatoms. The molecule has 0 aromatic heterocycles. The topological polar surface area (TPSA) is 48.9 Å². The minimum atomic E-state index is 0.583. The van der Waals surface area contributed by atoms with Crippen molar-refractivity contribution in [2.24, 2.45) is 10.9 Å². The van der Waals surface area contributed by atoms with E-state index in [4.69, 9.17) is 9.73 Å². The monoisotopic (exact) mass is 310 g/mol. The summed E-state index contributed by atoms with van der Waals surface area (Å²) in [6, 6.07) is 0.612. The summed E-state index contributed by atoms with van der Waals surface area (Å²) in [5.41, 5.74) is 0. The smallest absolute Gasteiger partial charge is 0.191 e. The molecule has 0 bridgehead atoms. The Morgan fingerprint density at radius 1 is 1.23 bits per heavy atom. The molecule has 1 heterocycles. The molecule has 1 unspecified atom stereocenters. The molecule has 0 aromatic rings. The minimum absolute atomic E-state index is 0.583. The quantitative estimate of drug-likeness (QED) is 0.580. The number of hydrogen-bond acceptors (Lipinski definition) is 3. The van der Waals surface area contributed by atoms with Crippen LogP contribution in [0.25, 0.3) is 0 Å². The number of aliphatic imine (C=N–C) groups is 1. The van der Waals surface area contributed by atoms with Crippen LogP contribution in [0.4, 0.5) is 0 Å². The Hall–Kier alpha value is -0.810. The van der Waals surface area contributed by atoms with Crippen LogP contribution in [0.2, 0.25) is 0 Å². The van der Waals surface area contributed by atoms with Crippen molar-refractivity contribution in [3.05, 3.63) is 0 Å². The van der Waals surface area contributed by atoms with Gasteiger partial charge in [0.05, 0.1) is 13.2 Å². The van der Waals surface area contributed by atoms with Crippen LogP contribution < -0.4 is 10.6 Å². The maximum Gasteiger partial charge on any atom is 0.191 e. The van der Waals surface area contributed by atoms with Gasteiger partial charge in [0.1, 0.15) is 0 Å². The summed E-state index contributed by atoms with van der Waals surface area (Å²) in [6.45, 7) is 11.2. The van der Waals surface area contributed by atoms with E-state index in [-0.39, 0.29) is 0 Å². The van der Waals surface area contributed by atoms with Gasteiger partial charge >= 0.3 is 0 Å². The first kappa shape index (κ1) is 17.5. The van der Waals surface area contributed by atoms with E-state index in [2.05, 4.69) is 29.4 Å². The first-order valence-corrected chi connectivity index (χ1v) is 9.13. The third kappa shape index (κ3) is 6.53. The summed E-state index contributed by atoms with van der Waals surface area (Å²) in [5, 5.41) is 7.02. The van der Waals surface area contributed by atoms with Gasteiger partial charge in [-0.1, -0.05) is 26.2 Å². The first-order chi connectivity index (χ1) is 10.8. The molecule has 1 aliphatic heterocycles. The molecule has 22 heavy (non-hydrogen) atoms. The van der Waals surface area contributed by atoms with E-state index in [0.29, 0.717) is 12.0 Å². The van der Waals surface area contributed by atoms with Gasteiger partial charge in [-0.15, -0.1) is 0 Å². The van der Waals surface area contributed by atoms with E-state index >= 15 is 0 Å². The molecule has 2 N–H and O–H groups in total. The van der Waals surface area contributed by atoms with Crippen LogP contribution in [0.5, 0.6) is 0 Å². The highest BCUT2D eigenvalue weighted by Gasteiger charge is 2.16. The number of hydrogen-bond donors (Lipinski definition) is 2. The predicted octanol–water partition coefficient (Wildman–Crippen LogP) is 1.84. The van der Waals surface area contributed by atoms with Gasteiger partial charge in [-0.2, -0.15) is 0 Å². The van der Waals surface area contributed by atoms with Crippen molar-refractivity contribution < 1.29 is 4.74 Å². The Balaban J connectivity index is 1.75. The van der Waals surface area contributed by atoms with Crippen LogP contribution in [0.1, 0.15) is 46.0 Å². The lowest BCUT2D eigenvalue weighted by Gasteiger charge is -2.29. The van der Waals surface area contributed by atoms with E-state index in [0.717, 1.165) is 51.9 Å². The van der Waals surface area contributed by atoms with E-state index in [1.54, 1.807) is 0 Å². The fraction of sp³-hybridized carbons (Fsp3) is 0.941. The van der Waals surface area contributed by atoms with Gasteiger partial charge in [0, 0.05) is 38.8 Å². The van der Waals surface area contributed by atoms with Crippen LogP contribution in [0, 0.1) is 5.92 Å². The van der Waals surface area contributed by atoms with Crippen molar-refractivity contribution >= 4 is 5.96 Å². The van der Waals surface area contributed by atoms with Gasteiger partial charge in [-0.3, -0.25) is 9.89 Å². The second-order valence-electron chi connectivity index (χ2n) is 6.72. The summed E-state index contributed by atoms with van der Waals surface area (Å²) < 4.78 is 5.41. The molecule has 2 aliphatic rings. The van der Waals surface area contributed by atoms with E-state index in [1.807, 2.05) is 0 Å². The molecule has 5 nitrogen and oxygen atoms in total. The van der Waals surface area contributed by atoms with Gasteiger partial charge in [-0.25, -0.2) is 0 Å². The van der Waals surface area contributed by atoms with Crippen molar-refractivity contribution in [1.82, 2.24) is 15.5 Å². The normalized spacial score (nSPS) is 23.3. The van der Waals surface area contributed by atoms with Gasteiger partial charge in [0.2, 0.25) is 0 Å². The maximum absolute atomic E-state index is 5.41. The van der Waals surface area contributed by atoms with E-state index in [1.165, 1.54) is 32.1 Å². The van der Waals surface area contributed by atoms with Crippen LogP contribution in [0.3, 0.4) is 0 Å². The van der Waals surface area contributed by atoms with Gasteiger partial charge in [0.25, 0.3) is 0 Å². The molecule has 1 saturated heterocycles. The predicted molar refractivity (Wildman–Crippen MR) is 92.4 cm³/mol. The standard InChI is InChI=1S/C17H34N4O/c1-3-18-17(20-16-7-5-4-6-8-16)19-13-15(2)14-21-9-11-22-12-10-21/h15-16H,3-14H2,1-2H3,(H2,18,19,20). The summed E-state index contributed by atoms with van der Waals surface area (Å²) in [7, 11) is 0. The largest absolute Gasteiger partial charge is 0.379 e. The molecule has 0 spiro atoms. The zero-order chi connectivity index (χ0) is 15.6. The molecule has 0 aromatic carbocycles. The lowest BCUT2D eigenvalue weighted by atomic mass is 9.96. The van der Waals surface area contributed by atoms with Gasteiger partial charge < -0.3 is 15.4 Å². The van der Waals surface area contributed by atoms with E-state index in [9.17, 15) is 0 Å². The highest BCUT2D eigenvalue weighted by molar-refractivity contribution is 5.80. The average molecular weight is 310 g/mol. The maximum atomic E-state index is 5.41. The third-order valence-electron chi connectivity index (χ3n) is 4.52. The number of nitrogens with zero attached hydrogens (tertiary/aromatic N) is 2. The zero-order valence-corrected chi connectivity index (χ0v) is 14.4. The fourth-order valence-corrected chi connectivity index (χ4v) is 3.29. The number of morpholine rings is 1. The van der Waals surface area contributed by atoms with Gasteiger partial charge in [0.15, 0.2) is 5.96 Å². The lowest BCUT2D eigenvalue weighted by molar-refractivity contribution is 0.0323. The average Bonchev–Trinajstić information content (AvgIpc) is 2.55. The van der Waals surface area contributed by atoms with Crippen LogP contribution >= 0.6 is 0 Å². The third-order valence-corrected chi connectivity index (χ3v) is 4.52. The van der Waals surface area contributed by atoms with Crippen molar-refractivity contribution in [3.8, 4) is 0 Å². The van der Waals surface area contributed by atoms with Crippen LogP contribution in [-0.2, 0) is 4.74 Å². The van der Waals surface area contributed by atoms with Crippen LogP contribution in [0.15, 0.2) is 4.99 Å². The molecular formula is C17H34N4O. The van der Waals surface area contributed by atoms with E-state index < -0.39 is 0 Å². The summed E-state index contributed by atoms with van der Waals surface area (Å²) >= 11 is 0. The Bertz CT molecular complexity index is 323. The molecule has 1 saturated carbocycles. The number of ether oxygens (including phenoxy) is 1. The summed E-state index contributed by atoms with van der Waals surface area (Å²) in [4.78, 5) is 7.30. The Kier molecular flexibility index (Phi) is 8.02. The highest BCUT2D eigenvalue weighted by Crippen LogP contribution is 2.17. The lowest BCUT2D eigenvalue weighted by Crippen LogP contribution is -2.44. The number of nitrogens with one attached hydrogen (secondary N) is 2.